The van der Waals surface area contributed by atoms with E-state index in [1.807, 2.05) is 103 Å². The molecule has 0 spiro atoms. The molecule has 1 aliphatic carbocycles. The smallest absolute Gasteiger partial charge is 0.407 e. The van der Waals surface area contributed by atoms with E-state index in [4.69, 9.17) is 15.0 Å². The lowest BCUT2D eigenvalue weighted by Gasteiger charge is -2.48. The zero-order chi connectivity index (χ0) is 47.4. The molecule has 1 heterocycles. The number of alkyl carbamates (subject to hydrolysis) is 1. The lowest BCUT2D eigenvalue weighted by atomic mass is 9.78. The third kappa shape index (κ3) is 11.0. The molecule has 0 bridgehead atoms. The second-order valence-electron chi connectivity index (χ2n) is 17.0. The number of nitrogens with zero attached hydrogens (tertiary/aromatic N) is 4. The molecule has 4 atom stereocenters. The Morgan fingerprint density at radius 2 is 1.47 bits per heavy atom. The van der Waals surface area contributed by atoms with E-state index in [0.717, 1.165) is 38.9 Å². The molecule has 6 aromatic carbocycles. The second kappa shape index (κ2) is 22.0. The number of nitrogens with one attached hydrogen (secondary N) is 3. The molecule has 2 aliphatic rings. The number of aliphatic hydroxyl groups is 1. The molecule has 0 saturated carbocycles. The van der Waals surface area contributed by atoms with Crippen molar-refractivity contribution in [2.75, 3.05) is 30.5 Å². The maximum atomic E-state index is 13.7. The van der Waals surface area contributed by atoms with E-state index in [1.54, 1.807) is 48.4 Å². The van der Waals surface area contributed by atoms with Gasteiger partial charge in [-0.25, -0.2) is 4.79 Å². The van der Waals surface area contributed by atoms with Gasteiger partial charge in [0.15, 0.2) is 0 Å². The highest BCUT2D eigenvalue weighted by Crippen LogP contribution is 2.47. The van der Waals surface area contributed by atoms with E-state index >= 15 is 0 Å². The number of amides is 4. The van der Waals surface area contributed by atoms with Crippen molar-refractivity contribution < 1.29 is 33.8 Å². The predicted octanol–water partition coefficient (Wildman–Crippen LogP) is 10.2. The first-order chi connectivity index (χ1) is 33.2. The first-order valence-corrected chi connectivity index (χ1v) is 22.8. The van der Waals surface area contributed by atoms with Gasteiger partial charge in [0, 0.05) is 47.3 Å². The van der Waals surface area contributed by atoms with Gasteiger partial charge in [-0.05, 0) is 107 Å². The average molecular weight is 912 g/mol. The summed E-state index contributed by atoms with van der Waals surface area (Å²) in [4.78, 5) is 58.2. The van der Waals surface area contributed by atoms with Gasteiger partial charge in [-0.3, -0.25) is 14.4 Å². The number of anilines is 2. The summed E-state index contributed by atoms with van der Waals surface area (Å²) in [5.74, 6) is -0.395. The summed E-state index contributed by atoms with van der Waals surface area (Å²) in [6.07, 6.45) is 0.897. The molecular weight excluding hydrogens is 859 g/mol. The first-order valence-electron chi connectivity index (χ1n) is 22.8. The fraction of sp³-hybridized carbons (Fsp3) is 0.259. The minimum absolute atomic E-state index is 0.0323. The maximum absolute atomic E-state index is 13.7. The van der Waals surface area contributed by atoms with Gasteiger partial charge in [0.25, 0.3) is 0 Å². The summed E-state index contributed by atoms with van der Waals surface area (Å²) in [6.45, 7) is 0.359. The highest BCUT2D eigenvalue weighted by Gasteiger charge is 2.48. The van der Waals surface area contributed by atoms with Crippen molar-refractivity contribution in [3.8, 4) is 16.9 Å². The summed E-state index contributed by atoms with van der Waals surface area (Å²) in [5.41, 5.74) is 17.4. The Kier molecular flexibility index (Phi) is 15.1. The molecule has 1 saturated heterocycles. The van der Waals surface area contributed by atoms with E-state index in [9.17, 15) is 24.3 Å². The Hall–Kier alpha value is -7.93. The van der Waals surface area contributed by atoms with Crippen LogP contribution >= 0.6 is 0 Å². The fourth-order valence-corrected chi connectivity index (χ4v) is 9.13. The number of unbranched alkanes of at least 4 members (excludes halogenated alkanes) is 1. The number of carbonyl (C=O) groups is 4. The molecule has 4 amide bonds. The topological polar surface area (TPSA) is 195 Å². The van der Waals surface area contributed by atoms with Crippen LogP contribution in [0, 0.1) is 5.92 Å². The van der Waals surface area contributed by atoms with Gasteiger partial charge in [-0.1, -0.05) is 120 Å². The molecule has 4 N–H and O–H groups in total. The van der Waals surface area contributed by atoms with Crippen LogP contribution in [0.4, 0.5) is 21.9 Å². The molecule has 1 fully saturated rings. The van der Waals surface area contributed by atoms with Crippen molar-refractivity contribution >= 4 is 40.9 Å². The van der Waals surface area contributed by atoms with E-state index in [2.05, 4.69) is 38.1 Å². The highest BCUT2D eigenvalue weighted by molar-refractivity contribution is 6.03. The Morgan fingerprint density at radius 3 is 2.13 bits per heavy atom. The molecule has 8 rings (SSSR count). The fourth-order valence-electron chi connectivity index (χ4n) is 9.13. The average Bonchev–Trinajstić information content (AvgIpc) is 3.69. The number of methoxy groups -OCH3 is 1. The van der Waals surface area contributed by atoms with Crippen LogP contribution in [0.25, 0.3) is 21.6 Å². The minimum Gasteiger partial charge on any atom is -0.497 e. The number of fused-ring (bicyclic) bond motifs is 3. The predicted molar refractivity (Wildman–Crippen MR) is 260 cm³/mol. The van der Waals surface area contributed by atoms with Crippen molar-refractivity contribution in [2.45, 2.75) is 62.6 Å². The van der Waals surface area contributed by atoms with Gasteiger partial charge in [0.1, 0.15) is 18.4 Å². The number of hydrogen-bond acceptors (Lipinski definition) is 8. The molecule has 14 nitrogen and oxygen atoms in total. The Morgan fingerprint density at radius 1 is 0.809 bits per heavy atom. The third-order valence-electron chi connectivity index (χ3n) is 12.7. The number of carbonyl (C=O) groups excluding carboxylic acids is 4. The van der Waals surface area contributed by atoms with Gasteiger partial charge in [-0.15, -0.1) is 0 Å². The van der Waals surface area contributed by atoms with Crippen molar-refractivity contribution in [3.63, 3.8) is 0 Å². The number of hydrogen-bond donors (Lipinski definition) is 4. The highest BCUT2D eigenvalue weighted by atomic mass is 16.5. The first kappa shape index (κ1) is 46.6. The molecule has 68 heavy (non-hydrogen) atoms. The van der Waals surface area contributed by atoms with Crippen LogP contribution in [-0.2, 0) is 25.5 Å². The summed E-state index contributed by atoms with van der Waals surface area (Å²) >= 11 is 0. The SMILES string of the molecule is COc1ccc(C2C(CCC(O)c3ccccc3)C(=O)N2c2ccc(NC(=O)CCCCNC(=O)C(Cc3ccc(N=[N+]=[N-])cc3)NC(=O)OCC3c4ccccc4-c4ccccc43)cc2)cc1. The normalized spacial score (nSPS) is 15.7. The van der Waals surface area contributed by atoms with Crippen LogP contribution in [0.2, 0.25) is 0 Å². The number of aliphatic hydroxyl groups excluding tert-OH is 1. The molecule has 14 heteroatoms. The van der Waals surface area contributed by atoms with E-state index < -0.39 is 24.1 Å². The lowest BCUT2D eigenvalue weighted by Crippen LogP contribution is -2.55. The standard InChI is InChI=1S/C54H53N7O7/c1-67-41-28-20-37(21-29-41)51-46(30-31-49(62)36-11-3-2-4-12-36)53(65)61(51)40-26-24-38(25-27-40)57-50(63)17-9-10-32-56-52(64)48(33-35-18-22-39(23-19-35)59-60-55)58-54(66)68-34-47-44-15-7-5-13-42(44)43-14-6-8-16-45(43)47/h2-8,11-16,18-29,46-49,51,62H,9-10,17,30-34H2,1H3,(H,56,64)(H,57,63)(H,58,66). The van der Waals surface area contributed by atoms with Crippen molar-refractivity contribution in [1.82, 2.24) is 10.6 Å². The molecule has 4 unspecified atom stereocenters. The molecule has 0 radical (unpaired) electrons. The van der Waals surface area contributed by atoms with Crippen LogP contribution < -0.4 is 25.6 Å². The van der Waals surface area contributed by atoms with Gasteiger partial charge >= 0.3 is 6.09 Å². The van der Waals surface area contributed by atoms with Crippen LogP contribution in [0.15, 0.2) is 157 Å². The molecule has 346 valence electrons. The summed E-state index contributed by atoms with van der Waals surface area (Å²) in [6, 6.07) is 45.9. The minimum atomic E-state index is -0.973. The van der Waals surface area contributed by atoms with E-state index in [1.165, 1.54) is 0 Å². The van der Waals surface area contributed by atoms with Crippen LogP contribution in [-0.4, -0.2) is 55.2 Å². The largest absolute Gasteiger partial charge is 0.497 e. The lowest BCUT2D eigenvalue weighted by molar-refractivity contribution is -0.131. The third-order valence-corrected chi connectivity index (χ3v) is 12.7. The van der Waals surface area contributed by atoms with Gasteiger partial charge < -0.3 is 35.4 Å². The number of benzene rings is 6. The monoisotopic (exact) mass is 911 g/mol. The number of ether oxygens (including phenoxy) is 2. The van der Waals surface area contributed by atoms with Gasteiger partial charge in [0.2, 0.25) is 17.7 Å². The number of azide groups is 1. The quantitative estimate of drug-likeness (QED) is 0.0192. The second-order valence-corrected chi connectivity index (χ2v) is 17.0. The van der Waals surface area contributed by atoms with Crippen molar-refractivity contribution in [3.05, 3.63) is 190 Å². The Balaban J connectivity index is 0.824. The van der Waals surface area contributed by atoms with E-state index in [0.29, 0.717) is 48.5 Å². The van der Waals surface area contributed by atoms with Gasteiger partial charge in [-0.2, -0.15) is 0 Å². The van der Waals surface area contributed by atoms with E-state index in [-0.39, 0.29) is 55.7 Å². The summed E-state index contributed by atoms with van der Waals surface area (Å²) in [5, 5.41) is 23.1. The number of rotatable bonds is 20. The Labute approximate surface area is 394 Å². The van der Waals surface area contributed by atoms with Crippen LogP contribution in [0.5, 0.6) is 5.75 Å². The number of β-lactam (4-membered cyclic amide) rings is 1. The van der Waals surface area contributed by atoms with Crippen molar-refractivity contribution in [1.29, 1.82) is 0 Å². The van der Waals surface area contributed by atoms with Crippen LogP contribution in [0.3, 0.4) is 0 Å². The molecular formula is C54H53N7O7. The maximum Gasteiger partial charge on any atom is 0.407 e. The zero-order valence-corrected chi connectivity index (χ0v) is 37.7. The van der Waals surface area contributed by atoms with Gasteiger partial charge in [0.05, 0.1) is 25.2 Å². The summed E-state index contributed by atoms with van der Waals surface area (Å²) < 4.78 is 11.1. The zero-order valence-electron chi connectivity index (χ0n) is 37.7. The Bertz CT molecular complexity index is 2720. The van der Waals surface area contributed by atoms with Crippen molar-refractivity contribution in [2.24, 2.45) is 11.0 Å². The molecule has 1 aliphatic heterocycles. The summed E-state index contributed by atoms with van der Waals surface area (Å²) in [7, 11) is 1.61. The molecule has 0 aromatic heterocycles. The van der Waals surface area contributed by atoms with Crippen LogP contribution in [0.1, 0.15) is 78.0 Å². The molecule has 6 aromatic rings.